The van der Waals surface area contributed by atoms with Crippen molar-refractivity contribution in [2.45, 2.75) is 4.90 Å². The van der Waals surface area contributed by atoms with Gasteiger partial charge in [-0.05, 0) is 24.3 Å². The van der Waals surface area contributed by atoms with Crippen LogP contribution in [0.3, 0.4) is 0 Å². The molecule has 65 valence electrons. The van der Waals surface area contributed by atoms with Crippen LogP contribution in [0.15, 0.2) is 29.2 Å². The van der Waals surface area contributed by atoms with E-state index in [-0.39, 0.29) is 4.90 Å². The molecular weight excluding hydrogens is 176 g/mol. The zero-order chi connectivity index (χ0) is 9.19. The monoisotopic (exact) mass is 185 g/mol. The number of hydrogen-bond donors (Lipinski definition) is 2. The Morgan fingerprint density at radius 2 is 1.75 bits per heavy atom. The summed E-state index contributed by atoms with van der Waals surface area (Å²) < 4.78 is 24.2. The van der Waals surface area contributed by atoms with Crippen molar-refractivity contribution in [1.82, 2.24) is 4.72 Å². The number of sulfonamides is 1. The van der Waals surface area contributed by atoms with Crippen LogP contribution in [0.1, 0.15) is 0 Å². The molecule has 0 amide bonds. The Balaban J connectivity index is 3.14. The molecule has 0 unspecified atom stereocenters. The Bertz CT molecular complexity index is 355. The SMILES string of the molecule is [CH2]NS(=O)(=O)c1ccc(N)cc1. The largest absolute Gasteiger partial charge is 0.399 e. The average molecular weight is 185 g/mol. The second-order valence-corrected chi connectivity index (χ2v) is 3.98. The molecule has 0 aliphatic rings. The molecule has 0 aromatic heterocycles. The molecule has 1 aromatic rings. The molecule has 12 heavy (non-hydrogen) atoms. The van der Waals surface area contributed by atoms with E-state index < -0.39 is 10.0 Å². The lowest BCUT2D eigenvalue weighted by Gasteiger charge is -2.01. The molecule has 0 heterocycles. The summed E-state index contributed by atoms with van der Waals surface area (Å²) in [6.07, 6.45) is 0. The zero-order valence-corrected chi connectivity index (χ0v) is 7.14. The fraction of sp³-hybridized carbons (Fsp3) is 0. The third kappa shape index (κ3) is 1.75. The van der Waals surface area contributed by atoms with E-state index in [9.17, 15) is 8.42 Å². The smallest absolute Gasteiger partial charge is 0.240 e. The molecule has 0 bridgehead atoms. The van der Waals surface area contributed by atoms with E-state index in [1.807, 2.05) is 4.72 Å². The van der Waals surface area contributed by atoms with Crippen molar-refractivity contribution in [2.24, 2.45) is 0 Å². The summed E-state index contributed by atoms with van der Waals surface area (Å²) in [7, 11) is -0.345. The molecule has 0 fully saturated rings. The van der Waals surface area contributed by atoms with Crippen LogP contribution in [0.4, 0.5) is 5.69 Å². The highest BCUT2D eigenvalue weighted by Crippen LogP contribution is 2.10. The van der Waals surface area contributed by atoms with Crippen molar-refractivity contribution in [3.05, 3.63) is 31.3 Å². The first kappa shape index (κ1) is 9.02. The van der Waals surface area contributed by atoms with E-state index in [1.165, 1.54) is 24.3 Å². The molecule has 1 aromatic carbocycles. The predicted octanol–water partition coefficient (Wildman–Crippen LogP) is 0.339. The first-order valence-electron chi connectivity index (χ1n) is 3.21. The average Bonchev–Trinajstić information content (AvgIpc) is 2.05. The van der Waals surface area contributed by atoms with E-state index >= 15 is 0 Å². The second-order valence-electron chi connectivity index (χ2n) is 2.22. The van der Waals surface area contributed by atoms with Gasteiger partial charge in [-0.2, -0.15) is 0 Å². The molecule has 3 N–H and O–H groups in total. The van der Waals surface area contributed by atoms with Crippen molar-refractivity contribution in [3.8, 4) is 0 Å². The van der Waals surface area contributed by atoms with Crippen LogP contribution in [0.25, 0.3) is 0 Å². The van der Waals surface area contributed by atoms with Gasteiger partial charge >= 0.3 is 0 Å². The fourth-order valence-electron chi connectivity index (χ4n) is 0.730. The molecule has 5 heteroatoms. The van der Waals surface area contributed by atoms with Crippen molar-refractivity contribution < 1.29 is 8.42 Å². The number of nitrogens with one attached hydrogen (secondary N) is 1. The normalized spacial score (nSPS) is 11.4. The number of benzene rings is 1. The Labute approximate surface area is 71.4 Å². The Hall–Kier alpha value is -1.07. The maximum absolute atomic E-state index is 11.1. The van der Waals surface area contributed by atoms with Crippen LogP contribution < -0.4 is 10.5 Å². The first-order valence-corrected chi connectivity index (χ1v) is 4.69. The van der Waals surface area contributed by atoms with Crippen LogP contribution in [-0.2, 0) is 10.0 Å². The highest BCUT2D eigenvalue weighted by atomic mass is 32.2. The van der Waals surface area contributed by atoms with Crippen LogP contribution in [-0.4, -0.2) is 8.42 Å². The Kier molecular flexibility index (Phi) is 2.35. The summed E-state index contributed by atoms with van der Waals surface area (Å²) in [5.74, 6) is 0. The molecule has 1 radical (unpaired) electrons. The van der Waals surface area contributed by atoms with E-state index in [1.54, 1.807) is 0 Å². The van der Waals surface area contributed by atoms with E-state index in [0.29, 0.717) is 5.69 Å². The van der Waals surface area contributed by atoms with Crippen LogP contribution in [0, 0.1) is 7.05 Å². The Morgan fingerprint density at radius 1 is 1.25 bits per heavy atom. The minimum Gasteiger partial charge on any atom is -0.399 e. The highest BCUT2D eigenvalue weighted by molar-refractivity contribution is 7.89. The predicted molar refractivity (Wildman–Crippen MR) is 46.5 cm³/mol. The quantitative estimate of drug-likeness (QED) is 0.652. The molecule has 4 nitrogen and oxygen atoms in total. The van der Waals surface area contributed by atoms with Gasteiger partial charge in [0.25, 0.3) is 0 Å². The molecule has 0 spiro atoms. The fourth-order valence-corrected chi connectivity index (χ4v) is 1.39. The first-order chi connectivity index (χ1) is 5.56. The van der Waals surface area contributed by atoms with Gasteiger partial charge in [-0.25, -0.2) is 13.1 Å². The van der Waals surface area contributed by atoms with E-state index in [0.717, 1.165) is 0 Å². The molecule has 0 aliphatic heterocycles. The van der Waals surface area contributed by atoms with Gasteiger partial charge < -0.3 is 5.73 Å². The van der Waals surface area contributed by atoms with Gasteiger partial charge in [0.1, 0.15) is 0 Å². The Morgan fingerprint density at radius 3 is 2.17 bits per heavy atom. The molecule has 0 saturated heterocycles. The van der Waals surface area contributed by atoms with Gasteiger partial charge in [0.05, 0.1) is 4.90 Å². The molecule has 0 aliphatic carbocycles. The lowest BCUT2D eigenvalue weighted by atomic mass is 10.3. The second kappa shape index (κ2) is 3.12. The third-order valence-electron chi connectivity index (χ3n) is 1.38. The van der Waals surface area contributed by atoms with Crippen molar-refractivity contribution in [2.75, 3.05) is 5.73 Å². The number of nitrogens with two attached hydrogens (primary N) is 1. The summed E-state index contributed by atoms with van der Waals surface area (Å²) >= 11 is 0. The van der Waals surface area contributed by atoms with Gasteiger partial charge in [-0.15, -0.1) is 0 Å². The van der Waals surface area contributed by atoms with Crippen molar-refractivity contribution >= 4 is 15.7 Å². The summed E-state index contributed by atoms with van der Waals surface area (Å²) in [4.78, 5) is 0.159. The van der Waals surface area contributed by atoms with Crippen LogP contribution in [0.5, 0.6) is 0 Å². The lowest BCUT2D eigenvalue weighted by Crippen LogP contribution is -2.16. The van der Waals surface area contributed by atoms with Crippen molar-refractivity contribution in [3.63, 3.8) is 0 Å². The van der Waals surface area contributed by atoms with Gasteiger partial charge in [0, 0.05) is 12.7 Å². The number of rotatable bonds is 2. The maximum atomic E-state index is 11.1. The molecule has 0 atom stereocenters. The maximum Gasteiger partial charge on any atom is 0.240 e. The summed E-state index contributed by atoms with van der Waals surface area (Å²) in [5, 5.41) is 0. The lowest BCUT2D eigenvalue weighted by molar-refractivity contribution is 0.590. The molecular formula is C7H9N2O2S. The number of nitrogen functional groups attached to an aromatic ring is 1. The van der Waals surface area contributed by atoms with Crippen LogP contribution in [0.2, 0.25) is 0 Å². The van der Waals surface area contributed by atoms with E-state index in [2.05, 4.69) is 7.05 Å². The van der Waals surface area contributed by atoms with Gasteiger partial charge in [-0.3, -0.25) is 0 Å². The van der Waals surface area contributed by atoms with Crippen LogP contribution >= 0.6 is 0 Å². The molecule has 1 rings (SSSR count). The topological polar surface area (TPSA) is 72.2 Å². The van der Waals surface area contributed by atoms with E-state index in [4.69, 9.17) is 5.73 Å². The number of hydrogen-bond acceptors (Lipinski definition) is 3. The van der Waals surface area contributed by atoms with Crippen molar-refractivity contribution in [1.29, 1.82) is 0 Å². The zero-order valence-electron chi connectivity index (χ0n) is 6.32. The summed E-state index contributed by atoms with van der Waals surface area (Å²) in [5.41, 5.74) is 5.91. The number of anilines is 1. The minimum absolute atomic E-state index is 0.159. The highest BCUT2D eigenvalue weighted by Gasteiger charge is 2.09. The van der Waals surface area contributed by atoms with Gasteiger partial charge in [0.2, 0.25) is 10.0 Å². The minimum atomic E-state index is -3.43. The summed E-state index contributed by atoms with van der Waals surface area (Å²) in [6.45, 7) is 0. The standard InChI is InChI=1S/C7H9N2O2S/c1-9-12(10,11)7-4-2-6(8)3-5-7/h2-5,9H,1,8H2. The molecule has 0 saturated carbocycles. The van der Waals surface area contributed by atoms with Gasteiger partial charge in [0.15, 0.2) is 0 Å². The van der Waals surface area contributed by atoms with Gasteiger partial charge in [-0.1, -0.05) is 0 Å². The summed E-state index contributed by atoms with van der Waals surface area (Å²) in [6, 6.07) is 5.88. The third-order valence-corrected chi connectivity index (χ3v) is 2.65.